The van der Waals surface area contributed by atoms with Gasteiger partial charge in [-0.2, -0.15) is 0 Å². The summed E-state index contributed by atoms with van der Waals surface area (Å²) >= 11 is 6.21. The van der Waals surface area contributed by atoms with Crippen molar-refractivity contribution in [1.82, 2.24) is 4.98 Å². The molecule has 4 heteroatoms. The zero-order chi connectivity index (χ0) is 19.4. The summed E-state index contributed by atoms with van der Waals surface area (Å²) in [5.41, 5.74) is 2.97. The molecule has 0 bridgehead atoms. The van der Waals surface area contributed by atoms with Crippen molar-refractivity contribution >= 4 is 39.1 Å². The summed E-state index contributed by atoms with van der Waals surface area (Å²) in [6.07, 6.45) is 4.90. The molecule has 0 saturated carbocycles. The quantitative estimate of drug-likeness (QED) is 0.422. The summed E-state index contributed by atoms with van der Waals surface area (Å²) in [7, 11) is 1.70. The maximum Gasteiger partial charge on any atom is 0.119 e. The minimum Gasteiger partial charge on any atom is -0.497 e. The summed E-state index contributed by atoms with van der Waals surface area (Å²) in [4.78, 5) is 4.80. The first-order chi connectivity index (χ1) is 13.0. The van der Waals surface area contributed by atoms with Crippen molar-refractivity contribution in [3.63, 3.8) is 0 Å². The lowest BCUT2D eigenvalue weighted by atomic mass is 9.95. The van der Waals surface area contributed by atoms with Gasteiger partial charge in [0.2, 0.25) is 0 Å². The van der Waals surface area contributed by atoms with Crippen LogP contribution >= 0.6 is 11.6 Å². The van der Waals surface area contributed by atoms with Crippen LogP contribution in [0.3, 0.4) is 0 Å². The molecule has 1 unspecified atom stereocenters. The third-order valence-corrected chi connectivity index (χ3v) is 5.73. The van der Waals surface area contributed by atoms with E-state index in [4.69, 9.17) is 21.3 Å². The van der Waals surface area contributed by atoms with Crippen LogP contribution in [0.1, 0.15) is 46.5 Å². The third-order valence-electron chi connectivity index (χ3n) is 5.50. The third kappa shape index (κ3) is 4.47. The predicted octanol–water partition coefficient (Wildman–Crippen LogP) is 7.07. The molecule has 0 aliphatic carbocycles. The number of ether oxygens (including phenoxy) is 1. The van der Waals surface area contributed by atoms with Crippen molar-refractivity contribution in [3.05, 3.63) is 41.4 Å². The lowest BCUT2D eigenvalue weighted by Crippen LogP contribution is -2.17. The maximum absolute atomic E-state index is 6.21. The van der Waals surface area contributed by atoms with E-state index < -0.39 is 0 Å². The van der Waals surface area contributed by atoms with Crippen LogP contribution in [0.4, 0.5) is 5.69 Å². The van der Waals surface area contributed by atoms with Gasteiger partial charge in [-0.1, -0.05) is 38.3 Å². The highest BCUT2D eigenvalue weighted by Gasteiger charge is 2.14. The molecule has 0 radical (unpaired) electrons. The van der Waals surface area contributed by atoms with Crippen LogP contribution in [0.2, 0.25) is 5.02 Å². The number of aromatic nitrogens is 1. The molecular weight excluding hydrogens is 356 g/mol. The topological polar surface area (TPSA) is 34.2 Å². The Kier molecular flexibility index (Phi) is 6.43. The molecule has 2 aromatic carbocycles. The Morgan fingerprint density at radius 2 is 1.78 bits per heavy atom. The monoisotopic (exact) mass is 384 g/mol. The number of nitrogens with zero attached hydrogens (tertiary/aromatic N) is 1. The van der Waals surface area contributed by atoms with E-state index in [0.717, 1.165) is 45.6 Å². The zero-order valence-electron chi connectivity index (χ0n) is 16.7. The van der Waals surface area contributed by atoms with Gasteiger partial charge in [0, 0.05) is 21.8 Å². The Labute approximate surface area is 167 Å². The number of halogens is 1. The molecule has 0 saturated heterocycles. The fourth-order valence-corrected chi connectivity index (χ4v) is 3.85. The highest BCUT2D eigenvalue weighted by molar-refractivity contribution is 6.31. The van der Waals surface area contributed by atoms with Crippen LogP contribution in [0.5, 0.6) is 5.75 Å². The molecule has 3 nitrogen and oxygen atoms in total. The first kappa shape index (κ1) is 19.8. The second-order valence-corrected chi connectivity index (χ2v) is 7.77. The Hall–Kier alpha value is -2.00. The molecule has 0 aliphatic rings. The second kappa shape index (κ2) is 8.79. The maximum atomic E-state index is 6.21. The molecule has 1 aromatic heterocycles. The Morgan fingerprint density at radius 1 is 1.00 bits per heavy atom. The summed E-state index contributed by atoms with van der Waals surface area (Å²) < 4.78 is 5.44. The largest absolute Gasteiger partial charge is 0.497 e. The van der Waals surface area contributed by atoms with Crippen molar-refractivity contribution in [2.45, 2.75) is 52.5 Å². The van der Waals surface area contributed by atoms with Gasteiger partial charge < -0.3 is 10.1 Å². The second-order valence-electron chi connectivity index (χ2n) is 7.34. The summed E-state index contributed by atoms with van der Waals surface area (Å²) in [5.74, 6) is 1.64. The van der Waals surface area contributed by atoms with Crippen LogP contribution in [0.25, 0.3) is 21.8 Å². The van der Waals surface area contributed by atoms with Gasteiger partial charge in [-0.3, -0.25) is 0 Å². The van der Waals surface area contributed by atoms with Gasteiger partial charge in [0.1, 0.15) is 5.75 Å². The molecule has 0 spiro atoms. The van der Waals surface area contributed by atoms with Crippen LogP contribution in [0, 0.1) is 5.92 Å². The highest BCUT2D eigenvalue weighted by Crippen LogP contribution is 2.35. The fraction of sp³-hybridized carbons (Fsp3) is 0.435. The average Bonchev–Trinajstić information content (AvgIpc) is 2.68. The van der Waals surface area contributed by atoms with Crippen LogP contribution in [-0.2, 0) is 0 Å². The lowest BCUT2D eigenvalue weighted by molar-refractivity contribution is 0.415. The smallest absolute Gasteiger partial charge is 0.119 e. The normalized spacial score (nSPS) is 12.7. The van der Waals surface area contributed by atoms with Gasteiger partial charge in [-0.15, -0.1) is 0 Å². The molecule has 0 aliphatic heterocycles. The number of rotatable bonds is 8. The van der Waals surface area contributed by atoms with Gasteiger partial charge in [-0.25, -0.2) is 4.98 Å². The molecule has 27 heavy (non-hydrogen) atoms. The van der Waals surface area contributed by atoms with Gasteiger partial charge >= 0.3 is 0 Å². The average molecular weight is 385 g/mol. The number of benzene rings is 2. The molecule has 1 atom stereocenters. The van der Waals surface area contributed by atoms with E-state index in [0.29, 0.717) is 11.1 Å². The van der Waals surface area contributed by atoms with Gasteiger partial charge in [-0.05, 0) is 62.1 Å². The van der Waals surface area contributed by atoms with Crippen molar-refractivity contribution in [1.29, 1.82) is 0 Å². The Balaban J connectivity index is 2.01. The van der Waals surface area contributed by atoms with Crippen LogP contribution < -0.4 is 10.1 Å². The van der Waals surface area contributed by atoms with E-state index in [1.54, 1.807) is 7.11 Å². The number of pyridine rings is 1. The van der Waals surface area contributed by atoms with Crippen molar-refractivity contribution < 1.29 is 4.74 Å². The van der Waals surface area contributed by atoms with E-state index in [1.165, 1.54) is 19.3 Å². The fourth-order valence-electron chi connectivity index (χ4n) is 3.68. The Bertz CT molecular complexity index is 921. The van der Waals surface area contributed by atoms with E-state index in [-0.39, 0.29) is 0 Å². The van der Waals surface area contributed by atoms with Crippen molar-refractivity contribution in [2.75, 3.05) is 12.4 Å². The van der Waals surface area contributed by atoms with Crippen LogP contribution in [0.15, 0.2) is 36.4 Å². The lowest BCUT2D eigenvalue weighted by Gasteiger charge is -2.21. The van der Waals surface area contributed by atoms with E-state index in [2.05, 4.69) is 38.2 Å². The molecule has 1 heterocycles. The number of methoxy groups -OCH3 is 1. The summed E-state index contributed by atoms with van der Waals surface area (Å²) in [6.45, 7) is 6.83. The number of hydrogen-bond donors (Lipinski definition) is 1. The van der Waals surface area contributed by atoms with E-state index >= 15 is 0 Å². The Morgan fingerprint density at radius 3 is 2.48 bits per heavy atom. The minimum absolute atomic E-state index is 0.376. The summed E-state index contributed by atoms with van der Waals surface area (Å²) in [6, 6.07) is 12.3. The van der Waals surface area contributed by atoms with Crippen LogP contribution in [-0.4, -0.2) is 18.1 Å². The van der Waals surface area contributed by atoms with Gasteiger partial charge in [0.05, 0.1) is 23.8 Å². The summed E-state index contributed by atoms with van der Waals surface area (Å²) in [5, 5.41) is 6.64. The predicted molar refractivity (Wildman–Crippen MR) is 117 cm³/mol. The number of fused-ring (bicyclic) bond motifs is 2. The van der Waals surface area contributed by atoms with Crippen molar-refractivity contribution in [2.24, 2.45) is 5.92 Å². The van der Waals surface area contributed by atoms with Crippen molar-refractivity contribution in [3.8, 4) is 5.75 Å². The van der Waals surface area contributed by atoms with E-state index in [9.17, 15) is 0 Å². The standard InChI is InChI=1S/C23H29ClN2O/c1-5-16(6-2)8-7-15(3)25-23-19-11-9-17(24)13-22(19)26-21-12-10-18(27-4)14-20(21)23/h9-16H,5-8H2,1-4H3,(H,25,26). The first-order valence-electron chi connectivity index (χ1n) is 9.89. The number of anilines is 1. The molecule has 1 N–H and O–H groups in total. The first-order valence-corrected chi connectivity index (χ1v) is 10.3. The molecule has 0 amide bonds. The molecule has 3 aromatic rings. The number of hydrogen-bond acceptors (Lipinski definition) is 3. The van der Waals surface area contributed by atoms with Gasteiger partial charge in [0.15, 0.2) is 0 Å². The highest BCUT2D eigenvalue weighted by atomic mass is 35.5. The molecule has 3 rings (SSSR count). The van der Waals surface area contributed by atoms with E-state index in [1.807, 2.05) is 24.3 Å². The minimum atomic E-state index is 0.376. The zero-order valence-corrected chi connectivity index (χ0v) is 17.4. The SMILES string of the molecule is CCC(CC)CCC(C)Nc1c2ccc(Cl)cc2nc2ccc(OC)cc12. The van der Waals surface area contributed by atoms with Gasteiger partial charge in [0.25, 0.3) is 0 Å². The molecule has 144 valence electrons. The molecule has 0 fully saturated rings. The molecular formula is C23H29ClN2O. The number of nitrogens with one attached hydrogen (secondary N) is 1.